The first-order valence-corrected chi connectivity index (χ1v) is 6.81. The van der Waals surface area contributed by atoms with Gasteiger partial charge in [0.05, 0.1) is 0 Å². The maximum Gasteiger partial charge on any atom is 0.251 e. The van der Waals surface area contributed by atoms with E-state index in [0.717, 1.165) is 24.3 Å². The van der Waals surface area contributed by atoms with Crippen molar-refractivity contribution in [1.82, 2.24) is 10.2 Å². The molecular formula is C14H20N2OS. The summed E-state index contributed by atoms with van der Waals surface area (Å²) in [4.78, 5) is 15.3. The van der Waals surface area contributed by atoms with E-state index in [1.807, 2.05) is 24.3 Å². The van der Waals surface area contributed by atoms with Gasteiger partial charge in [-0.2, -0.15) is 0 Å². The molecule has 0 radical (unpaired) electrons. The second-order valence-electron chi connectivity index (χ2n) is 5.07. The lowest BCUT2D eigenvalue weighted by molar-refractivity contribution is 0.0896. The van der Waals surface area contributed by atoms with Gasteiger partial charge < -0.3 is 10.2 Å². The SMILES string of the molecule is CC1CC(NC(=O)c2ccc(S)cc2)CCN1C. The van der Waals surface area contributed by atoms with Gasteiger partial charge in [-0.3, -0.25) is 4.79 Å². The van der Waals surface area contributed by atoms with Gasteiger partial charge in [0.15, 0.2) is 0 Å². The summed E-state index contributed by atoms with van der Waals surface area (Å²) in [5, 5.41) is 3.12. The van der Waals surface area contributed by atoms with Gasteiger partial charge in [0.25, 0.3) is 5.91 Å². The van der Waals surface area contributed by atoms with Crippen molar-refractivity contribution in [2.45, 2.75) is 36.7 Å². The average molecular weight is 264 g/mol. The van der Waals surface area contributed by atoms with Crippen LogP contribution < -0.4 is 5.32 Å². The highest BCUT2D eigenvalue weighted by Gasteiger charge is 2.24. The standard InChI is InChI=1S/C14H20N2OS/c1-10-9-12(7-8-16(10)2)15-14(17)11-3-5-13(18)6-4-11/h3-6,10,12,18H,7-9H2,1-2H3,(H,15,17). The molecule has 0 bridgehead atoms. The van der Waals surface area contributed by atoms with E-state index in [4.69, 9.17) is 0 Å². The van der Waals surface area contributed by atoms with Crippen LogP contribution in [0.4, 0.5) is 0 Å². The third-order valence-corrected chi connectivity index (χ3v) is 3.97. The molecule has 2 unspecified atom stereocenters. The maximum absolute atomic E-state index is 12.1. The molecule has 2 atom stereocenters. The van der Waals surface area contributed by atoms with Crippen LogP contribution in [0.3, 0.4) is 0 Å². The molecule has 1 aromatic rings. The summed E-state index contributed by atoms with van der Waals surface area (Å²) >= 11 is 4.22. The molecule has 18 heavy (non-hydrogen) atoms. The first kappa shape index (κ1) is 13.4. The molecule has 0 aromatic heterocycles. The second-order valence-corrected chi connectivity index (χ2v) is 5.59. The summed E-state index contributed by atoms with van der Waals surface area (Å²) in [7, 11) is 2.13. The lowest BCUT2D eigenvalue weighted by Gasteiger charge is -2.35. The fourth-order valence-electron chi connectivity index (χ4n) is 2.30. The van der Waals surface area contributed by atoms with Crippen LogP contribution in [0.1, 0.15) is 30.1 Å². The number of carbonyl (C=O) groups excluding carboxylic acids is 1. The smallest absolute Gasteiger partial charge is 0.251 e. The lowest BCUT2D eigenvalue weighted by atomic mass is 9.98. The Kier molecular flexibility index (Phi) is 4.30. The van der Waals surface area contributed by atoms with E-state index >= 15 is 0 Å². The lowest BCUT2D eigenvalue weighted by Crippen LogP contribution is -2.47. The molecule has 4 heteroatoms. The van der Waals surface area contributed by atoms with Gasteiger partial charge in [-0.1, -0.05) is 0 Å². The number of carbonyl (C=O) groups is 1. The Hall–Kier alpha value is -1.00. The molecule has 0 spiro atoms. The number of thiol groups is 1. The molecular weight excluding hydrogens is 244 g/mol. The number of piperidine rings is 1. The summed E-state index contributed by atoms with van der Waals surface area (Å²) in [5.74, 6) is 0.0186. The van der Waals surface area contributed by atoms with E-state index in [0.29, 0.717) is 17.6 Å². The molecule has 1 fully saturated rings. The van der Waals surface area contributed by atoms with Crippen LogP contribution in [0.5, 0.6) is 0 Å². The molecule has 1 heterocycles. The zero-order valence-electron chi connectivity index (χ0n) is 10.9. The number of amides is 1. The highest BCUT2D eigenvalue weighted by molar-refractivity contribution is 7.80. The topological polar surface area (TPSA) is 32.3 Å². The van der Waals surface area contributed by atoms with Gasteiger partial charge in [-0.15, -0.1) is 12.6 Å². The fourth-order valence-corrected chi connectivity index (χ4v) is 2.45. The molecule has 3 nitrogen and oxygen atoms in total. The van der Waals surface area contributed by atoms with E-state index in [1.165, 1.54) is 0 Å². The second kappa shape index (κ2) is 5.76. The van der Waals surface area contributed by atoms with Gasteiger partial charge in [-0.05, 0) is 51.1 Å². The number of nitrogens with one attached hydrogen (secondary N) is 1. The molecule has 1 N–H and O–H groups in total. The third-order valence-electron chi connectivity index (χ3n) is 3.67. The van der Waals surface area contributed by atoms with Crippen molar-refractivity contribution in [2.24, 2.45) is 0 Å². The molecule has 0 aliphatic carbocycles. The average Bonchev–Trinajstić information content (AvgIpc) is 2.34. The molecule has 98 valence electrons. The van der Waals surface area contributed by atoms with Crippen molar-refractivity contribution in [3.63, 3.8) is 0 Å². The minimum atomic E-state index is 0.0186. The number of benzene rings is 1. The van der Waals surface area contributed by atoms with Crippen LogP contribution in [0, 0.1) is 0 Å². The van der Waals surface area contributed by atoms with Gasteiger partial charge in [-0.25, -0.2) is 0 Å². The van der Waals surface area contributed by atoms with Crippen LogP contribution in [0.25, 0.3) is 0 Å². The number of hydrogen-bond donors (Lipinski definition) is 2. The Labute approximate surface area is 114 Å². The molecule has 1 aromatic carbocycles. The van der Waals surface area contributed by atoms with E-state index in [1.54, 1.807) is 0 Å². The van der Waals surface area contributed by atoms with Gasteiger partial charge in [0, 0.05) is 29.1 Å². The third kappa shape index (κ3) is 3.27. The molecule has 1 amide bonds. The van der Waals surface area contributed by atoms with Crippen LogP contribution in [-0.2, 0) is 0 Å². The van der Waals surface area contributed by atoms with Crippen LogP contribution in [0.2, 0.25) is 0 Å². The normalized spacial score (nSPS) is 24.8. The van der Waals surface area contributed by atoms with Gasteiger partial charge >= 0.3 is 0 Å². The minimum Gasteiger partial charge on any atom is -0.349 e. The van der Waals surface area contributed by atoms with Crippen LogP contribution in [-0.4, -0.2) is 36.5 Å². The first-order valence-electron chi connectivity index (χ1n) is 6.36. The molecule has 1 aliphatic rings. The number of nitrogens with zero attached hydrogens (tertiary/aromatic N) is 1. The van der Waals surface area contributed by atoms with Crippen molar-refractivity contribution in [3.8, 4) is 0 Å². The van der Waals surface area contributed by atoms with Crippen molar-refractivity contribution < 1.29 is 4.79 Å². The summed E-state index contributed by atoms with van der Waals surface area (Å²) in [6.07, 6.45) is 2.05. The zero-order valence-corrected chi connectivity index (χ0v) is 11.8. The van der Waals surface area contributed by atoms with Crippen molar-refractivity contribution in [3.05, 3.63) is 29.8 Å². The van der Waals surface area contributed by atoms with E-state index in [2.05, 4.69) is 36.8 Å². The number of hydrogen-bond acceptors (Lipinski definition) is 3. The largest absolute Gasteiger partial charge is 0.349 e. The predicted molar refractivity (Wildman–Crippen MR) is 76.3 cm³/mol. The highest BCUT2D eigenvalue weighted by Crippen LogP contribution is 2.16. The Morgan fingerprint density at radius 2 is 2.06 bits per heavy atom. The summed E-state index contributed by atoms with van der Waals surface area (Å²) in [6.45, 7) is 3.25. The maximum atomic E-state index is 12.1. The minimum absolute atomic E-state index is 0.0186. The Morgan fingerprint density at radius 1 is 1.39 bits per heavy atom. The fraction of sp³-hybridized carbons (Fsp3) is 0.500. The van der Waals surface area contributed by atoms with Crippen LogP contribution >= 0.6 is 12.6 Å². The molecule has 1 saturated heterocycles. The molecule has 0 saturated carbocycles. The summed E-state index contributed by atoms with van der Waals surface area (Å²) < 4.78 is 0. The van der Waals surface area contributed by atoms with Crippen molar-refractivity contribution in [2.75, 3.05) is 13.6 Å². The summed E-state index contributed by atoms with van der Waals surface area (Å²) in [6, 6.07) is 8.14. The Bertz CT molecular complexity index is 418. The Morgan fingerprint density at radius 3 is 2.67 bits per heavy atom. The molecule has 1 aliphatic heterocycles. The number of likely N-dealkylation sites (tertiary alicyclic amines) is 1. The quantitative estimate of drug-likeness (QED) is 0.803. The van der Waals surface area contributed by atoms with Gasteiger partial charge in [0.1, 0.15) is 0 Å². The summed E-state index contributed by atoms with van der Waals surface area (Å²) in [5.41, 5.74) is 0.708. The van der Waals surface area contributed by atoms with Gasteiger partial charge in [0.2, 0.25) is 0 Å². The zero-order chi connectivity index (χ0) is 13.1. The first-order chi connectivity index (χ1) is 8.56. The van der Waals surface area contributed by atoms with Crippen molar-refractivity contribution >= 4 is 18.5 Å². The predicted octanol–water partition coefficient (Wildman–Crippen LogP) is 2.19. The van der Waals surface area contributed by atoms with Crippen molar-refractivity contribution in [1.29, 1.82) is 0 Å². The van der Waals surface area contributed by atoms with E-state index in [-0.39, 0.29) is 5.91 Å². The molecule has 2 rings (SSSR count). The highest BCUT2D eigenvalue weighted by atomic mass is 32.1. The van der Waals surface area contributed by atoms with Crippen LogP contribution in [0.15, 0.2) is 29.2 Å². The Balaban J connectivity index is 1.93. The van der Waals surface area contributed by atoms with E-state index in [9.17, 15) is 4.79 Å². The van der Waals surface area contributed by atoms with E-state index < -0.39 is 0 Å². The number of rotatable bonds is 2. The monoisotopic (exact) mass is 264 g/mol.